The van der Waals surface area contributed by atoms with Crippen LogP contribution in [0.4, 0.5) is 24.5 Å². The molecule has 0 radical (unpaired) electrons. The summed E-state index contributed by atoms with van der Waals surface area (Å²) in [7, 11) is 1.83. The van der Waals surface area contributed by atoms with E-state index in [0.29, 0.717) is 45.5 Å². The molecule has 2 aromatic carbocycles. The van der Waals surface area contributed by atoms with Crippen molar-refractivity contribution in [3.05, 3.63) is 71.4 Å². The number of hydrogen-bond acceptors (Lipinski definition) is 8. The first-order valence-corrected chi connectivity index (χ1v) is 14.0. The fourth-order valence-electron chi connectivity index (χ4n) is 5.43. The minimum atomic E-state index is -4.47. The zero-order valence-electron chi connectivity index (χ0n) is 24.5. The first-order valence-electron chi connectivity index (χ1n) is 14.0. The standard InChI is InChI=1S/C31H29F3N10/c1-29(2,3)16-38-26-19(13-36)14-37-25-18(12-35)10-20(11-22(25)26)40-27(21-6-5-7-23-28(21)43(4)17-39-23)24-15-44(42-41-24)30(8-9-30)31(32,33)34/h5-7,10-11,14-15,17,27,40H,8-9,16H2,1-4H3,(H,37,38)/t27-/m0/s1. The smallest absolute Gasteiger partial charge is 0.383 e. The molecular weight excluding hydrogens is 569 g/mol. The van der Waals surface area contributed by atoms with Crippen molar-refractivity contribution in [2.75, 3.05) is 17.2 Å². The molecule has 0 bridgehead atoms. The molecule has 3 heterocycles. The van der Waals surface area contributed by atoms with Crippen molar-refractivity contribution in [3.63, 3.8) is 0 Å². The van der Waals surface area contributed by atoms with E-state index in [0.717, 1.165) is 10.2 Å². The average Bonchev–Trinajstić information content (AvgIpc) is 3.52. The van der Waals surface area contributed by atoms with E-state index in [1.807, 2.05) is 29.8 Å². The minimum absolute atomic E-state index is 0.0660. The summed E-state index contributed by atoms with van der Waals surface area (Å²) in [6, 6.07) is 12.6. The van der Waals surface area contributed by atoms with Gasteiger partial charge in [-0.2, -0.15) is 23.7 Å². The van der Waals surface area contributed by atoms with Gasteiger partial charge in [-0.3, -0.25) is 4.98 Å². The van der Waals surface area contributed by atoms with E-state index < -0.39 is 17.8 Å². The van der Waals surface area contributed by atoms with Crippen molar-refractivity contribution >= 4 is 33.3 Å². The van der Waals surface area contributed by atoms with Crippen molar-refractivity contribution in [3.8, 4) is 12.1 Å². The van der Waals surface area contributed by atoms with Crippen LogP contribution in [0.3, 0.4) is 0 Å². The molecule has 1 saturated carbocycles. The third-order valence-electron chi connectivity index (χ3n) is 7.90. The molecule has 3 aromatic heterocycles. The molecule has 0 aliphatic heterocycles. The van der Waals surface area contributed by atoms with Crippen LogP contribution in [-0.2, 0) is 12.6 Å². The number of aromatic nitrogens is 6. The van der Waals surface area contributed by atoms with Gasteiger partial charge in [-0.15, -0.1) is 5.10 Å². The summed E-state index contributed by atoms with van der Waals surface area (Å²) >= 11 is 0. The van der Waals surface area contributed by atoms with E-state index in [9.17, 15) is 23.7 Å². The molecule has 1 aliphatic carbocycles. The Morgan fingerprint density at radius 2 is 1.82 bits per heavy atom. The van der Waals surface area contributed by atoms with E-state index in [1.165, 1.54) is 12.4 Å². The number of benzene rings is 2. The second kappa shape index (κ2) is 10.2. The van der Waals surface area contributed by atoms with E-state index in [4.69, 9.17) is 0 Å². The monoisotopic (exact) mass is 598 g/mol. The van der Waals surface area contributed by atoms with Crippen LogP contribution >= 0.6 is 0 Å². The number of imidazole rings is 1. The van der Waals surface area contributed by atoms with Gasteiger partial charge in [0.05, 0.1) is 51.9 Å². The molecule has 0 unspecified atom stereocenters. The molecule has 1 atom stereocenters. The summed E-state index contributed by atoms with van der Waals surface area (Å²) in [4.78, 5) is 8.86. The normalized spacial score (nSPS) is 15.1. The lowest BCUT2D eigenvalue weighted by atomic mass is 9.96. The Morgan fingerprint density at radius 3 is 2.48 bits per heavy atom. The van der Waals surface area contributed by atoms with Crippen LogP contribution in [-0.4, -0.2) is 42.2 Å². The first kappa shape index (κ1) is 28.9. The van der Waals surface area contributed by atoms with Crippen LogP contribution in [0.15, 0.2) is 49.1 Å². The summed E-state index contributed by atoms with van der Waals surface area (Å²) in [6.45, 7) is 6.73. The summed E-state index contributed by atoms with van der Waals surface area (Å²) in [5, 5.41) is 35.5. The molecule has 10 nitrogen and oxygen atoms in total. The number of hydrogen-bond donors (Lipinski definition) is 2. The molecule has 2 N–H and O–H groups in total. The van der Waals surface area contributed by atoms with Gasteiger partial charge in [-0.25, -0.2) is 9.67 Å². The van der Waals surface area contributed by atoms with E-state index in [-0.39, 0.29) is 29.5 Å². The van der Waals surface area contributed by atoms with Gasteiger partial charge in [0.15, 0.2) is 5.54 Å². The molecule has 0 amide bonds. The van der Waals surface area contributed by atoms with E-state index in [1.54, 1.807) is 18.5 Å². The van der Waals surface area contributed by atoms with Gasteiger partial charge < -0.3 is 15.2 Å². The number of nitriles is 2. The number of pyridine rings is 1. The molecule has 1 fully saturated rings. The van der Waals surface area contributed by atoms with E-state index in [2.05, 4.69) is 63.8 Å². The van der Waals surface area contributed by atoms with Crippen LogP contribution in [0.1, 0.15) is 62.0 Å². The van der Waals surface area contributed by atoms with Crippen molar-refractivity contribution in [2.24, 2.45) is 12.5 Å². The number of aryl methyl sites for hydroxylation is 1. The highest BCUT2D eigenvalue weighted by atomic mass is 19.4. The number of alkyl halides is 3. The Balaban J connectivity index is 1.51. The molecule has 0 spiro atoms. The number of para-hydroxylation sites is 1. The summed E-state index contributed by atoms with van der Waals surface area (Å²) < 4.78 is 44.7. The highest BCUT2D eigenvalue weighted by Crippen LogP contribution is 2.55. The third kappa shape index (κ3) is 4.94. The highest BCUT2D eigenvalue weighted by Gasteiger charge is 2.66. The lowest BCUT2D eigenvalue weighted by Gasteiger charge is -2.23. The van der Waals surface area contributed by atoms with Crippen LogP contribution in [0.2, 0.25) is 0 Å². The fourth-order valence-corrected chi connectivity index (χ4v) is 5.43. The molecule has 44 heavy (non-hydrogen) atoms. The lowest BCUT2D eigenvalue weighted by molar-refractivity contribution is -0.182. The Labute approximate surface area is 251 Å². The zero-order valence-corrected chi connectivity index (χ0v) is 24.5. The molecule has 6 rings (SSSR count). The van der Waals surface area contributed by atoms with Gasteiger partial charge in [0.2, 0.25) is 0 Å². The second-order valence-corrected chi connectivity index (χ2v) is 12.4. The van der Waals surface area contributed by atoms with Gasteiger partial charge >= 0.3 is 6.18 Å². The number of rotatable bonds is 7. The molecule has 13 heteroatoms. The highest BCUT2D eigenvalue weighted by molar-refractivity contribution is 5.99. The maximum atomic E-state index is 14.0. The molecule has 5 aromatic rings. The Kier molecular flexibility index (Phi) is 6.72. The number of nitrogens with zero attached hydrogens (tertiary/aromatic N) is 8. The van der Waals surface area contributed by atoms with Crippen LogP contribution in [0.25, 0.3) is 21.9 Å². The van der Waals surface area contributed by atoms with Crippen molar-refractivity contribution in [1.29, 1.82) is 10.5 Å². The van der Waals surface area contributed by atoms with Gasteiger partial charge in [0.1, 0.15) is 17.8 Å². The second-order valence-electron chi connectivity index (χ2n) is 12.4. The summed E-state index contributed by atoms with van der Waals surface area (Å²) in [5.41, 5.74) is 2.31. The Bertz CT molecular complexity index is 1980. The minimum Gasteiger partial charge on any atom is -0.383 e. The van der Waals surface area contributed by atoms with Gasteiger partial charge in [-0.05, 0) is 36.5 Å². The SMILES string of the molecule is Cn1cnc2cccc([C@H](Nc3cc(C#N)c4ncc(C#N)c(NCC(C)(C)C)c4c3)c3cn(C4(C(F)(F)F)CC4)nn3)c21. The summed E-state index contributed by atoms with van der Waals surface area (Å²) in [5.74, 6) is 0. The Hall–Kier alpha value is -5.17. The predicted octanol–water partition coefficient (Wildman–Crippen LogP) is 6.17. The molecular formula is C31H29F3N10. The summed E-state index contributed by atoms with van der Waals surface area (Å²) in [6.07, 6.45) is -0.153. The van der Waals surface area contributed by atoms with Gasteiger partial charge in [-0.1, -0.05) is 38.1 Å². The van der Waals surface area contributed by atoms with Gasteiger partial charge in [0.25, 0.3) is 0 Å². The third-order valence-corrected chi connectivity index (χ3v) is 7.90. The number of halogens is 3. The van der Waals surface area contributed by atoms with Crippen LogP contribution < -0.4 is 10.6 Å². The Morgan fingerprint density at radius 1 is 1.07 bits per heavy atom. The maximum absolute atomic E-state index is 14.0. The maximum Gasteiger partial charge on any atom is 0.413 e. The average molecular weight is 599 g/mol. The number of fused-ring (bicyclic) bond motifs is 2. The predicted molar refractivity (Wildman–Crippen MR) is 159 cm³/mol. The number of nitrogens with one attached hydrogen (secondary N) is 2. The topological polar surface area (TPSA) is 133 Å². The van der Waals surface area contributed by atoms with Gasteiger partial charge in [0, 0.05) is 36.4 Å². The fraction of sp³-hybridized carbons (Fsp3) is 0.355. The number of anilines is 2. The molecule has 1 aliphatic rings. The molecule has 0 saturated heterocycles. The molecule has 224 valence electrons. The van der Waals surface area contributed by atoms with Crippen LogP contribution in [0.5, 0.6) is 0 Å². The lowest BCUT2D eigenvalue weighted by Crippen LogP contribution is -2.35. The van der Waals surface area contributed by atoms with Crippen molar-refractivity contribution in [1.82, 2.24) is 29.5 Å². The van der Waals surface area contributed by atoms with Crippen molar-refractivity contribution < 1.29 is 13.2 Å². The van der Waals surface area contributed by atoms with E-state index >= 15 is 0 Å². The zero-order chi connectivity index (χ0) is 31.4. The first-order chi connectivity index (χ1) is 20.8. The van der Waals surface area contributed by atoms with Crippen molar-refractivity contribution in [2.45, 2.75) is 51.4 Å². The van der Waals surface area contributed by atoms with Crippen LogP contribution in [0, 0.1) is 28.1 Å². The quantitative estimate of drug-likeness (QED) is 0.227. The largest absolute Gasteiger partial charge is 0.413 e.